The molecule has 1 fully saturated rings. The minimum Gasteiger partial charge on any atom is -0.310 e. The van der Waals surface area contributed by atoms with E-state index in [2.05, 4.69) is 29.4 Å². The number of hydrogen-bond donors (Lipinski definition) is 2. The van der Waals surface area contributed by atoms with Gasteiger partial charge in [-0.3, -0.25) is 5.10 Å². The lowest BCUT2D eigenvalue weighted by Crippen LogP contribution is -2.17. The Hall–Kier alpha value is -0.830. The second-order valence-corrected chi connectivity index (χ2v) is 4.29. The molecule has 1 aliphatic carbocycles. The molecule has 2 N–H and O–H groups in total. The lowest BCUT2D eigenvalue weighted by atomic mass is 10.2. The SMILES string of the molecule is CCCC1CC1NCc1cn[nH]c1C. The normalized spacial score (nSPS) is 25.3. The molecule has 14 heavy (non-hydrogen) atoms. The topological polar surface area (TPSA) is 40.7 Å². The molecule has 0 aliphatic heterocycles. The van der Waals surface area contributed by atoms with Crippen molar-refractivity contribution in [3.05, 3.63) is 17.5 Å². The summed E-state index contributed by atoms with van der Waals surface area (Å²) < 4.78 is 0. The van der Waals surface area contributed by atoms with Crippen LogP contribution >= 0.6 is 0 Å². The van der Waals surface area contributed by atoms with Crippen LogP contribution in [0.5, 0.6) is 0 Å². The zero-order valence-electron chi connectivity index (χ0n) is 9.01. The van der Waals surface area contributed by atoms with Crippen LogP contribution in [0.15, 0.2) is 6.20 Å². The lowest BCUT2D eigenvalue weighted by molar-refractivity contribution is 0.598. The number of aryl methyl sites for hydroxylation is 1. The first-order chi connectivity index (χ1) is 6.81. The summed E-state index contributed by atoms with van der Waals surface area (Å²) in [6.07, 6.45) is 5.97. The maximum Gasteiger partial charge on any atom is 0.0535 e. The first-order valence-electron chi connectivity index (χ1n) is 5.53. The van der Waals surface area contributed by atoms with Gasteiger partial charge in [0, 0.05) is 23.8 Å². The Bertz CT molecular complexity index is 292. The van der Waals surface area contributed by atoms with Crippen LogP contribution in [0.3, 0.4) is 0 Å². The molecule has 1 aliphatic rings. The average Bonchev–Trinajstić information content (AvgIpc) is 2.78. The van der Waals surface area contributed by atoms with Crippen LogP contribution in [-0.2, 0) is 6.54 Å². The molecule has 2 rings (SSSR count). The Morgan fingerprint density at radius 2 is 2.50 bits per heavy atom. The molecule has 2 atom stereocenters. The number of rotatable bonds is 5. The Kier molecular flexibility index (Phi) is 2.87. The Balaban J connectivity index is 1.72. The van der Waals surface area contributed by atoms with Crippen LogP contribution in [0.2, 0.25) is 0 Å². The molecule has 0 saturated heterocycles. The molecule has 78 valence electrons. The van der Waals surface area contributed by atoms with Crippen molar-refractivity contribution in [1.82, 2.24) is 15.5 Å². The molecule has 1 heterocycles. The van der Waals surface area contributed by atoms with Crippen molar-refractivity contribution in [2.45, 2.75) is 45.7 Å². The van der Waals surface area contributed by atoms with E-state index in [4.69, 9.17) is 0 Å². The third-order valence-corrected chi connectivity index (χ3v) is 3.07. The number of aromatic nitrogens is 2. The number of nitrogens with zero attached hydrogens (tertiary/aromatic N) is 1. The molecule has 3 nitrogen and oxygen atoms in total. The summed E-state index contributed by atoms with van der Waals surface area (Å²) >= 11 is 0. The maximum atomic E-state index is 4.01. The summed E-state index contributed by atoms with van der Waals surface area (Å²) in [5, 5.41) is 10.5. The van der Waals surface area contributed by atoms with E-state index in [0.29, 0.717) is 0 Å². The van der Waals surface area contributed by atoms with E-state index in [-0.39, 0.29) is 0 Å². The highest BCUT2D eigenvalue weighted by molar-refractivity contribution is 5.14. The molecule has 0 bridgehead atoms. The zero-order chi connectivity index (χ0) is 9.97. The van der Waals surface area contributed by atoms with Crippen molar-refractivity contribution in [2.24, 2.45) is 5.92 Å². The van der Waals surface area contributed by atoms with Gasteiger partial charge in [0.1, 0.15) is 0 Å². The predicted octanol–water partition coefficient (Wildman–Crippen LogP) is 2.00. The zero-order valence-corrected chi connectivity index (χ0v) is 9.01. The van der Waals surface area contributed by atoms with Gasteiger partial charge >= 0.3 is 0 Å². The van der Waals surface area contributed by atoms with Gasteiger partial charge in [-0.05, 0) is 25.7 Å². The summed E-state index contributed by atoms with van der Waals surface area (Å²) in [7, 11) is 0. The van der Waals surface area contributed by atoms with Gasteiger partial charge in [-0.25, -0.2) is 0 Å². The molecule has 0 radical (unpaired) electrons. The van der Waals surface area contributed by atoms with Crippen molar-refractivity contribution >= 4 is 0 Å². The molecule has 0 amide bonds. The molecule has 1 aromatic heterocycles. The van der Waals surface area contributed by atoms with Crippen LogP contribution in [0.1, 0.15) is 37.4 Å². The minimum absolute atomic E-state index is 0.768. The van der Waals surface area contributed by atoms with Gasteiger partial charge in [0.15, 0.2) is 0 Å². The molecule has 0 spiro atoms. The van der Waals surface area contributed by atoms with Gasteiger partial charge in [0.2, 0.25) is 0 Å². The number of hydrogen-bond acceptors (Lipinski definition) is 2. The third kappa shape index (κ3) is 2.15. The fourth-order valence-electron chi connectivity index (χ4n) is 1.98. The van der Waals surface area contributed by atoms with Crippen LogP contribution < -0.4 is 5.32 Å². The predicted molar refractivity (Wildman–Crippen MR) is 57.0 cm³/mol. The largest absolute Gasteiger partial charge is 0.310 e. The van der Waals surface area contributed by atoms with Crippen LogP contribution in [0, 0.1) is 12.8 Å². The first-order valence-corrected chi connectivity index (χ1v) is 5.53. The summed E-state index contributed by atoms with van der Waals surface area (Å²) in [5.41, 5.74) is 2.48. The highest BCUT2D eigenvalue weighted by Crippen LogP contribution is 2.34. The fourth-order valence-corrected chi connectivity index (χ4v) is 1.98. The summed E-state index contributed by atoms with van der Waals surface area (Å²) in [5.74, 6) is 0.937. The van der Waals surface area contributed by atoms with Gasteiger partial charge in [0.05, 0.1) is 6.20 Å². The van der Waals surface area contributed by atoms with E-state index >= 15 is 0 Å². The molecular formula is C11H19N3. The molecule has 2 unspecified atom stereocenters. The van der Waals surface area contributed by atoms with Crippen molar-refractivity contribution in [3.8, 4) is 0 Å². The van der Waals surface area contributed by atoms with Crippen LogP contribution in [0.25, 0.3) is 0 Å². The third-order valence-electron chi connectivity index (χ3n) is 3.07. The Morgan fingerprint density at radius 1 is 1.64 bits per heavy atom. The Morgan fingerprint density at radius 3 is 3.14 bits per heavy atom. The lowest BCUT2D eigenvalue weighted by Gasteiger charge is -2.02. The van der Waals surface area contributed by atoms with E-state index in [1.165, 1.54) is 30.5 Å². The van der Waals surface area contributed by atoms with Gasteiger partial charge in [-0.1, -0.05) is 13.3 Å². The quantitative estimate of drug-likeness (QED) is 0.751. The molecule has 3 heteroatoms. The van der Waals surface area contributed by atoms with Crippen LogP contribution in [-0.4, -0.2) is 16.2 Å². The van der Waals surface area contributed by atoms with E-state index in [9.17, 15) is 0 Å². The van der Waals surface area contributed by atoms with Gasteiger partial charge < -0.3 is 5.32 Å². The number of H-pyrrole nitrogens is 1. The molecule has 0 aromatic carbocycles. The molecular weight excluding hydrogens is 174 g/mol. The van der Waals surface area contributed by atoms with E-state index in [1.807, 2.05) is 6.20 Å². The van der Waals surface area contributed by atoms with E-state index in [1.54, 1.807) is 0 Å². The van der Waals surface area contributed by atoms with E-state index in [0.717, 1.165) is 18.5 Å². The average molecular weight is 193 g/mol. The maximum absolute atomic E-state index is 4.01. The van der Waals surface area contributed by atoms with Crippen molar-refractivity contribution in [3.63, 3.8) is 0 Å². The smallest absolute Gasteiger partial charge is 0.0535 e. The molecule has 1 saturated carbocycles. The second kappa shape index (κ2) is 4.13. The number of nitrogens with one attached hydrogen (secondary N) is 2. The van der Waals surface area contributed by atoms with Crippen molar-refractivity contribution < 1.29 is 0 Å². The summed E-state index contributed by atoms with van der Waals surface area (Å²) in [6.45, 7) is 5.29. The fraction of sp³-hybridized carbons (Fsp3) is 0.727. The van der Waals surface area contributed by atoms with Gasteiger partial charge in [-0.2, -0.15) is 5.10 Å². The number of aromatic amines is 1. The highest BCUT2D eigenvalue weighted by atomic mass is 15.1. The summed E-state index contributed by atoms with van der Waals surface area (Å²) in [6, 6.07) is 0.768. The van der Waals surface area contributed by atoms with Crippen molar-refractivity contribution in [1.29, 1.82) is 0 Å². The first kappa shape index (κ1) is 9.71. The minimum atomic E-state index is 0.768. The molecule has 1 aromatic rings. The van der Waals surface area contributed by atoms with Crippen molar-refractivity contribution in [2.75, 3.05) is 0 Å². The standard InChI is InChI=1S/C11H19N3/c1-3-4-9-5-11(9)12-6-10-7-13-14-8(10)2/h7,9,11-12H,3-6H2,1-2H3,(H,13,14). The van der Waals surface area contributed by atoms with Gasteiger partial charge in [0.25, 0.3) is 0 Å². The van der Waals surface area contributed by atoms with E-state index < -0.39 is 0 Å². The monoisotopic (exact) mass is 193 g/mol. The Labute approximate surface area is 85.3 Å². The highest BCUT2D eigenvalue weighted by Gasteiger charge is 2.35. The van der Waals surface area contributed by atoms with Gasteiger partial charge in [-0.15, -0.1) is 0 Å². The summed E-state index contributed by atoms with van der Waals surface area (Å²) in [4.78, 5) is 0. The second-order valence-electron chi connectivity index (χ2n) is 4.29. The van der Waals surface area contributed by atoms with Crippen LogP contribution in [0.4, 0.5) is 0 Å².